The topological polar surface area (TPSA) is 73.2 Å². The Labute approximate surface area is 174 Å². The van der Waals surface area contributed by atoms with Crippen LogP contribution >= 0.6 is 0 Å². The predicted octanol–water partition coefficient (Wildman–Crippen LogP) is 3.54. The molecule has 162 valence electrons. The van der Waals surface area contributed by atoms with Gasteiger partial charge >= 0.3 is 6.18 Å². The van der Waals surface area contributed by atoms with Crippen molar-refractivity contribution in [2.75, 3.05) is 7.11 Å². The lowest BCUT2D eigenvalue weighted by Gasteiger charge is -2.11. The van der Waals surface area contributed by atoms with Crippen LogP contribution < -0.4 is 15.6 Å². The lowest BCUT2D eigenvalue weighted by molar-refractivity contribution is -0.137. The van der Waals surface area contributed by atoms with Crippen LogP contribution in [-0.2, 0) is 19.8 Å². The number of aromatic nitrogens is 2. The minimum absolute atomic E-state index is 0.0365. The van der Waals surface area contributed by atoms with Crippen LogP contribution in [0.1, 0.15) is 21.5 Å². The van der Waals surface area contributed by atoms with E-state index in [1.807, 2.05) is 0 Å². The SMILES string of the molecule is COc1ncc(CNC(=O)c2cc(-c3ccc(C(F)(F)F)cc3)c(=O)n(C)c2)cc1F. The molecule has 3 aromatic rings. The maximum Gasteiger partial charge on any atom is 0.416 e. The van der Waals surface area contributed by atoms with Crippen molar-refractivity contribution in [3.8, 4) is 17.0 Å². The van der Waals surface area contributed by atoms with Gasteiger partial charge in [0.05, 0.1) is 18.2 Å². The fourth-order valence-corrected chi connectivity index (χ4v) is 2.88. The second-order valence-corrected chi connectivity index (χ2v) is 6.65. The van der Waals surface area contributed by atoms with Crippen molar-refractivity contribution in [2.45, 2.75) is 12.7 Å². The lowest BCUT2D eigenvalue weighted by Crippen LogP contribution is -2.26. The van der Waals surface area contributed by atoms with Gasteiger partial charge in [0, 0.05) is 31.5 Å². The number of methoxy groups -OCH3 is 1. The standard InChI is InChI=1S/C21H17F4N3O3/c1-28-11-14(18(29)26-9-12-7-17(22)19(31-2)27-10-12)8-16(20(28)30)13-3-5-15(6-4-13)21(23,24)25/h3-8,10-11H,9H2,1-2H3,(H,26,29). The number of hydrogen-bond acceptors (Lipinski definition) is 4. The van der Waals surface area contributed by atoms with E-state index in [4.69, 9.17) is 4.74 Å². The summed E-state index contributed by atoms with van der Waals surface area (Å²) in [5.41, 5.74) is -0.510. The molecule has 0 bridgehead atoms. The summed E-state index contributed by atoms with van der Waals surface area (Å²) in [7, 11) is 2.70. The van der Waals surface area contributed by atoms with Gasteiger partial charge in [-0.1, -0.05) is 12.1 Å². The summed E-state index contributed by atoms with van der Waals surface area (Å²) in [6.45, 7) is -0.0365. The van der Waals surface area contributed by atoms with Crippen LogP contribution in [-0.4, -0.2) is 22.6 Å². The van der Waals surface area contributed by atoms with E-state index < -0.39 is 29.0 Å². The van der Waals surface area contributed by atoms with Crippen molar-refractivity contribution in [1.82, 2.24) is 14.9 Å². The highest BCUT2D eigenvalue weighted by molar-refractivity contribution is 5.95. The van der Waals surface area contributed by atoms with Gasteiger partial charge in [-0.25, -0.2) is 9.37 Å². The minimum Gasteiger partial charge on any atom is -0.479 e. The molecule has 0 atom stereocenters. The molecule has 31 heavy (non-hydrogen) atoms. The van der Waals surface area contributed by atoms with Crippen LogP contribution in [0.5, 0.6) is 5.88 Å². The number of rotatable bonds is 5. The summed E-state index contributed by atoms with van der Waals surface area (Å²) in [6.07, 6.45) is -1.85. The number of nitrogens with one attached hydrogen (secondary N) is 1. The van der Waals surface area contributed by atoms with Gasteiger partial charge < -0.3 is 14.6 Å². The first kappa shape index (κ1) is 22.0. The predicted molar refractivity (Wildman–Crippen MR) is 104 cm³/mol. The molecule has 0 spiro atoms. The second-order valence-electron chi connectivity index (χ2n) is 6.65. The Balaban J connectivity index is 1.84. The third-order valence-corrected chi connectivity index (χ3v) is 4.48. The van der Waals surface area contributed by atoms with Crippen LogP contribution in [0.4, 0.5) is 17.6 Å². The first-order chi connectivity index (χ1) is 14.6. The van der Waals surface area contributed by atoms with Gasteiger partial charge in [0.25, 0.3) is 11.5 Å². The normalized spacial score (nSPS) is 11.3. The zero-order valence-corrected chi connectivity index (χ0v) is 16.5. The van der Waals surface area contributed by atoms with Gasteiger partial charge in [0.1, 0.15) is 0 Å². The molecule has 0 fully saturated rings. The van der Waals surface area contributed by atoms with Gasteiger partial charge in [-0.3, -0.25) is 9.59 Å². The Morgan fingerprint density at radius 2 is 1.87 bits per heavy atom. The molecule has 3 rings (SSSR count). The molecule has 10 heteroatoms. The molecule has 6 nitrogen and oxygen atoms in total. The molecule has 0 saturated carbocycles. The van der Waals surface area contributed by atoms with Crippen LogP contribution in [0, 0.1) is 5.82 Å². The summed E-state index contributed by atoms with van der Waals surface area (Å²) in [6, 6.07) is 6.55. The van der Waals surface area contributed by atoms with Gasteiger partial charge in [0.2, 0.25) is 5.88 Å². The van der Waals surface area contributed by atoms with E-state index in [1.54, 1.807) is 0 Å². The first-order valence-electron chi connectivity index (χ1n) is 8.95. The third kappa shape index (κ3) is 4.90. The highest BCUT2D eigenvalue weighted by Crippen LogP contribution is 2.30. The van der Waals surface area contributed by atoms with E-state index >= 15 is 0 Å². The zero-order chi connectivity index (χ0) is 22.8. The first-order valence-corrected chi connectivity index (χ1v) is 8.95. The molecule has 0 radical (unpaired) electrons. The molecule has 0 saturated heterocycles. The number of alkyl halides is 3. The molecule has 1 N–H and O–H groups in total. The number of benzene rings is 1. The van der Waals surface area contributed by atoms with E-state index in [0.29, 0.717) is 5.56 Å². The molecular weight excluding hydrogens is 418 g/mol. The highest BCUT2D eigenvalue weighted by atomic mass is 19.4. The Morgan fingerprint density at radius 1 is 1.19 bits per heavy atom. The van der Waals surface area contributed by atoms with Crippen LogP contribution in [0.3, 0.4) is 0 Å². The fourth-order valence-electron chi connectivity index (χ4n) is 2.88. The van der Waals surface area contributed by atoms with Crippen molar-refractivity contribution in [2.24, 2.45) is 7.05 Å². The number of carbonyl (C=O) groups is 1. The van der Waals surface area contributed by atoms with Gasteiger partial charge in [-0.05, 0) is 35.4 Å². The van der Waals surface area contributed by atoms with Gasteiger partial charge in [-0.15, -0.1) is 0 Å². The minimum atomic E-state index is -4.50. The summed E-state index contributed by atoms with van der Waals surface area (Å²) in [5.74, 6) is -1.41. The maximum absolute atomic E-state index is 13.7. The van der Waals surface area contributed by atoms with E-state index in [0.717, 1.165) is 16.7 Å². The molecule has 0 unspecified atom stereocenters. The number of halogens is 4. The average Bonchev–Trinajstić information content (AvgIpc) is 2.73. The van der Waals surface area contributed by atoms with E-state index in [9.17, 15) is 27.2 Å². The monoisotopic (exact) mass is 435 g/mol. The Hall–Kier alpha value is -3.69. The zero-order valence-electron chi connectivity index (χ0n) is 16.5. The van der Waals surface area contributed by atoms with E-state index in [2.05, 4.69) is 10.3 Å². The molecule has 0 aliphatic heterocycles. The number of amides is 1. The number of carbonyl (C=O) groups excluding carboxylic acids is 1. The smallest absolute Gasteiger partial charge is 0.416 e. The average molecular weight is 435 g/mol. The molecule has 1 amide bonds. The Morgan fingerprint density at radius 3 is 2.45 bits per heavy atom. The van der Waals surface area contributed by atoms with Gasteiger partial charge in [-0.2, -0.15) is 13.2 Å². The molecular formula is C21H17F4N3O3. The van der Waals surface area contributed by atoms with E-state index in [-0.39, 0.29) is 29.1 Å². The largest absolute Gasteiger partial charge is 0.479 e. The summed E-state index contributed by atoms with van der Waals surface area (Å²) in [4.78, 5) is 28.8. The Kier molecular flexibility index (Phi) is 6.09. The lowest BCUT2D eigenvalue weighted by atomic mass is 10.0. The summed E-state index contributed by atoms with van der Waals surface area (Å²) in [5, 5.41) is 2.58. The highest BCUT2D eigenvalue weighted by Gasteiger charge is 2.30. The van der Waals surface area contributed by atoms with Gasteiger partial charge in [0.15, 0.2) is 5.82 Å². The molecule has 0 aliphatic carbocycles. The molecule has 2 heterocycles. The Bertz CT molecular complexity index is 1170. The molecule has 0 aliphatic rings. The quantitative estimate of drug-likeness (QED) is 0.623. The van der Waals surface area contributed by atoms with Crippen LogP contribution in [0.15, 0.2) is 53.6 Å². The van der Waals surface area contributed by atoms with Crippen molar-refractivity contribution >= 4 is 5.91 Å². The molecule has 2 aromatic heterocycles. The van der Waals surface area contributed by atoms with Crippen molar-refractivity contribution in [3.63, 3.8) is 0 Å². The second kappa shape index (κ2) is 8.58. The fraction of sp³-hybridized carbons (Fsp3) is 0.190. The van der Waals surface area contributed by atoms with Crippen LogP contribution in [0.25, 0.3) is 11.1 Å². The maximum atomic E-state index is 13.7. The number of ether oxygens (including phenoxy) is 1. The summed E-state index contributed by atoms with van der Waals surface area (Å²) < 4.78 is 57.9. The number of hydrogen-bond donors (Lipinski definition) is 1. The van der Waals surface area contributed by atoms with Crippen molar-refractivity contribution in [3.05, 3.63) is 81.7 Å². The number of aryl methyl sites for hydroxylation is 1. The van der Waals surface area contributed by atoms with Crippen LogP contribution in [0.2, 0.25) is 0 Å². The summed E-state index contributed by atoms with van der Waals surface area (Å²) >= 11 is 0. The van der Waals surface area contributed by atoms with E-state index in [1.165, 1.54) is 50.8 Å². The number of pyridine rings is 2. The molecule has 1 aromatic carbocycles. The third-order valence-electron chi connectivity index (χ3n) is 4.48. The van der Waals surface area contributed by atoms with Crippen molar-refractivity contribution < 1.29 is 27.1 Å². The number of nitrogens with zero attached hydrogens (tertiary/aromatic N) is 2. The van der Waals surface area contributed by atoms with Crippen molar-refractivity contribution in [1.29, 1.82) is 0 Å².